The van der Waals surface area contributed by atoms with Crippen LogP contribution in [0, 0.1) is 5.92 Å². The van der Waals surface area contributed by atoms with E-state index in [9.17, 15) is 14.4 Å². The summed E-state index contributed by atoms with van der Waals surface area (Å²) in [7, 11) is 0. The highest BCUT2D eigenvalue weighted by atomic mass is 16.2. The Bertz CT molecular complexity index is 883. The first kappa shape index (κ1) is 20.8. The van der Waals surface area contributed by atoms with E-state index < -0.39 is 6.04 Å². The molecule has 1 fully saturated rings. The van der Waals surface area contributed by atoms with E-state index in [-0.39, 0.29) is 29.5 Å². The largest absolute Gasteiger partial charge is 0.351 e. The van der Waals surface area contributed by atoms with E-state index in [1.54, 1.807) is 6.92 Å². The molecule has 0 radical (unpaired) electrons. The van der Waals surface area contributed by atoms with Crippen molar-refractivity contribution in [1.29, 1.82) is 0 Å². The lowest BCUT2D eigenvalue weighted by molar-refractivity contribution is -0.133. The number of hydrogen-bond donors (Lipinski definition) is 3. The molecule has 1 aromatic carbocycles. The molecule has 1 unspecified atom stereocenters. The summed E-state index contributed by atoms with van der Waals surface area (Å²) in [6.07, 6.45) is 2.00. The number of fused-ring (bicyclic) bond motifs is 1. The van der Waals surface area contributed by atoms with Crippen LogP contribution < -0.4 is 10.6 Å². The average Bonchev–Trinajstić information content (AvgIpc) is 3.12. The number of likely N-dealkylation sites (tertiary alicyclic amines) is 1. The van der Waals surface area contributed by atoms with Gasteiger partial charge in [-0.3, -0.25) is 19.5 Å². The Hall–Kier alpha value is -2.90. The van der Waals surface area contributed by atoms with Crippen LogP contribution in [0.5, 0.6) is 0 Å². The lowest BCUT2D eigenvalue weighted by Crippen LogP contribution is -2.51. The van der Waals surface area contributed by atoms with Gasteiger partial charge in [0, 0.05) is 30.9 Å². The third kappa shape index (κ3) is 5.13. The van der Waals surface area contributed by atoms with Gasteiger partial charge >= 0.3 is 0 Å². The predicted molar refractivity (Wildman–Crippen MR) is 110 cm³/mol. The summed E-state index contributed by atoms with van der Waals surface area (Å²) in [4.78, 5) is 39.0. The van der Waals surface area contributed by atoms with E-state index in [0.29, 0.717) is 25.4 Å². The van der Waals surface area contributed by atoms with Gasteiger partial charge in [-0.25, -0.2) is 0 Å². The van der Waals surface area contributed by atoms with E-state index in [0.717, 1.165) is 23.7 Å². The van der Waals surface area contributed by atoms with E-state index in [1.807, 2.05) is 43.0 Å². The van der Waals surface area contributed by atoms with Gasteiger partial charge in [0.2, 0.25) is 11.8 Å². The zero-order valence-corrected chi connectivity index (χ0v) is 17.2. The van der Waals surface area contributed by atoms with Crippen molar-refractivity contribution >= 4 is 28.6 Å². The number of hydrogen-bond acceptors (Lipinski definition) is 4. The zero-order valence-electron chi connectivity index (χ0n) is 17.2. The highest BCUT2D eigenvalue weighted by Gasteiger charge is 2.26. The fourth-order valence-corrected chi connectivity index (χ4v) is 3.54. The molecule has 0 bridgehead atoms. The van der Waals surface area contributed by atoms with Crippen LogP contribution in [-0.4, -0.2) is 58.0 Å². The van der Waals surface area contributed by atoms with Crippen LogP contribution in [-0.2, 0) is 9.59 Å². The first-order valence-electron chi connectivity index (χ1n) is 10.2. The Kier molecular flexibility index (Phi) is 6.51. The van der Waals surface area contributed by atoms with Gasteiger partial charge in [-0.05, 0) is 31.7 Å². The minimum atomic E-state index is -0.682. The molecule has 0 aliphatic carbocycles. The third-order valence-electron chi connectivity index (χ3n) is 5.20. The quantitative estimate of drug-likeness (QED) is 0.689. The van der Waals surface area contributed by atoms with Gasteiger partial charge in [0.1, 0.15) is 6.04 Å². The highest BCUT2D eigenvalue weighted by molar-refractivity contribution is 6.05. The fraction of sp³-hybridized carbons (Fsp3) is 0.524. The van der Waals surface area contributed by atoms with Crippen molar-refractivity contribution in [3.05, 3.63) is 30.0 Å². The molecule has 3 N–H and O–H groups in total. The van der Waals surface area contributed by atoms with Crippen LogP contribution in [0.3, 0.4) is 0 Å². The first-order valence-corrected chi connectivity index (χ1v) is 10.2. The van der Waals surface area contributed by atoms with E-state index in [2.05, 4.69) is 20.8 Å². The molecular weight excluding hydrogens is 370 g/mol. The second kappa shape index (κ2) is 9.07. The fourth-order valence-electron chi connectivity index (χ4n) is 3.54. The minimum absolute atomic E-state index is 0.0103. The Labute approximate surface area is 170 Å². The second-order valence-electron chi connectivity index (χ2n) is 8.07. The number of nitrogens with zero attached hydrogens (tertiary/aromatic N) is 2. The number of H-pyrrole nitrogens is 1. The van der Waals surface area contributed by atoms with E-state index in [1.165, 1.54) is 0 Å². The summed E-state index contributed by atoms with van der Waals surface area (Å²) in [6, 6.07) is 6.68. The molecule has 29 heavy (non-hydrogen) atoms. The van der Waals surface area contributed by atoms with Crippen LogP contribution in [0.25, 0.3) is 10.9 Å². The van der Waals surface area contributed by atoms with Gasteiger partial charge in [0.05, 0.1) is 5.52 Å². The summed E-state index contributed by atoms with van der Waals surface area (Å²) in [5.41, 5.74) is 1.05. The molecule has 1 atom stereocenters. The molecule has 1 aliphatic heterocycles. The second-order valence-corrected chi connectivity index (χ2v) is 8.07. The molecule has 1 aliphatic rings. The van der Waals surface area contributed by atoms with Crippen LogP contribution in [0.2, 0.25) is 0 Å². The smallest absolute Gasteiger partial charge is 0.273 e. The molecule has 156 valence electrons. The van der Waals surface area contributed by atoms with Gasteiger partial charge in [-0.15, -0.1) is 0 Å². The molecule has 1 saturated heterocycles. The number of carbonyl (C=O) groups excluding carboxylic acids is 3. The van der Waals surface area contributed by atoms with Crippen molar-refractivity contribution < 1.29 is 14.4 Å². The Morgan fingerprint density at radius 3 is 2.55 bits per heavy atom. The molecule has 3 amide bonds. The number of para-hydroxylation sites is 1. The molecule has 3 rings (SSSR count). The summed E-state index contributed by atoms with van der Waals surface area (Å²) >= 11 is 0. The number of benzene rings is 1. The SMILES string of the molecule is CC(C)CC(=O)N1CCC(NC(=O)C(C)NC(=O)c2n[nH]c3ccccc23)CC1. The normalized spacial score (nSPS) is 16.1. The standard InChI is InChI=1S/C21H29N5O3/c1-13(2)12-18(27)26-10-8-15(9-11-26)23-20(28)14(3)22-21(29)19-16-6-4-5-7-17(16)24-25-19/h4-7,13-15H,8-12H2,1-3H3,(H,22,29)(H,23,28)(H,24,25). The van der Waals surface area contributed by atoms with Crippen molar-refractivity contribution in [3.8, 4) is 0 Å². The number of aromatic amines is 1. The van der Waals surface area contributed by atoms with Crippen molar-refractivity contribution in [3.63, 3.8) is 0 Å². The van der Waals surface area contributed by atoms with Crippen LogP contribution in [0.4, 0.5) is 0 Å². The van der Waals surface area contributed by atoms with Gasteiger partial charge in [0.25, 0.3) is 5.91 Å². The summed E-state index contributed by atoms with van der Waals surface area (Å²) in [5.74, 6) is -0.1000. The molecule has 8 heteroatoms. The lowest BCUT2D eigenvalue weighted by atomic mass is 10.0. The molecule has 2 aromatic rings. The maximum absolute atomic E-state index is 12.5. The zero-order chi connectivity index (χ0) is 21.0. The topological polar surface area (TPSA) is 107 Å². The molecule has 8 nitrogen and oxygen atoms in total. The van der Waals surface area contributed by atoms with E-state index >= 15 is 0 Å². The van der Waals surface area contributed by atoms with Crippen molar-refractivity contribution in [2.24, 2.45) is 5.92 Å². The van der Waals surface area contributed by atoms with Crippen molar-refractivity contribution in [1.82, 2.24) is 25.7 Å². The number of carbonyl (C=O) groups is 3. The summed E-state index contributed by atoms with van der Waals surface area (Å²) < 4.78 is 0. The van der Waals surface area contributed by atoms with Gasteiger partial charge < -0.3 is 15.5 Å². The predicted octanol–water partition coefficient (Wildman–Crippen LogP) is 1.83. The molecule has 0 spiro atoms. The third-order valence-corrected chi connectivity index (χ3v) is 5.20. The van der Waals surface area contributed by atoms with Gasteiger partial charge in [0.15, 0.2) is 5.69 Å². The van der Waals surface area contributed by atoms with Crippen LogP contribution >= 0.6 is 0 Å². The molecule has 1 aromatic heterocycles. The van der Waals surface area contributed by atoms with Gasteiger partial charge in [-0.1, -0.05) is 32.0 Å². The molecule has 2 heterocycles. The van der Waals surface area contributed by atoms with Crippen molar-refractivity contribution in [2.75, 3.05) is 13.1 Å². The summed E-state index contributed by atoms with van der Waals surface area (Å²) in [5, 5.41) is 13.3. The lowest BCUT2D eigenvalue weighted by Gasteiger charge is -2.33. The number of rotatable bonds is 6. The Morgan fingerprint density at radius 2 is 1.86 bits per heavy atom. The van der Waals surface area contributed by atoms with Gasteiger partial charge in [-0.2, -0.15) is 5.10 Å². The minimum Gasteiger partial charge on any atom is -0.351 e. The molecular formula is C21H29N5O3. The van der Waals surface area contributed by atoms with Crippen LogP contribution in [0.15, 0.2) is 24.3 Å². The number of nitrogens with one attached hydrogen (secondary N) is 3. The number of piperidine rings is 1. The average molecular weight is 399 g/mol. The summed E-state index contributed by atoms with van der Waals surface area (Å²) in [6.45, 7) is 7.02. The maximum Gasteiger partial charge on any atom is 0.273 e. The maximum atomic E-state index is 12.5. The number of amides is 3. The van der Waals surface area contributed by atoms with Crippen LogP contribution in [0.1, 0.15) is 50.5 Å². The number of aromatic nitrogens is 2. The monoisotopic (exact) mass is 399 g/mol. The Morgan fingerprint density at radius 1 is 1.17 bits per heavy atom. The van der Waals surface area contributed by atoms with E-state index in [4.69, 9.17) is 0 Å². The molecule has 0 saturated carbocycles. The first-order chi connectivity index (χ1) is 13.8. The Balaban J connectivity index is 1.48. The van der Waals surface area contributed by atoms with Crippen molar-refractivity contribution in [2.45, 2.75) is 52.1 Å². The highest BCUT2D eigenvalue weighted by Crippen LogP contribution is 2.16.